The minimum atomic E-state index is 0.0253. The van der Waals surface area contributed by atoms with Crippen LogP contribution in [-0.2, 0) is 30.5 Å². The SMILES string of the molecule is Cc1ccc(O)cc1.Nc1ccc(SNCC(=O)Nc2c3c(cc4c2CCC4)CCC3)cc1. The van der Waals surface area contributed by atoms with Gasteiger partial charge < -0.3 is 16.2 Å². The fraction of sp³-hybridized carbons (Fsp3) is 0.296. The molecule has 2 aliphatic carbocycles. The number of amides is 1. The number of hydrogen-bond acceptors (Lipinski definition) is 5. The van der Waals surface area contributed by atoms with Crippen molar-refractivity contribution in [3.05, 3.63) is 82.4 Å². The number of phenolic OH excluding ortho intramolecular Hbond substituents is 1. The summed E-state index contributed by atoms with van der Waals surface area (Å²) >= 11 is 1.45. The molecule has 3 aromatic rings. The lowest BCUT2D eigenvalue weighted by Gasteiger charge is -2.16. The van der Waals surface area contributed by atoms with Crippen molar-refractivity contribution in [2.75, 3.05) is 17.6 Å². The van der Waals surface area contributed by atoms with Crippen LogP contribution in [-0.4, -0.2) is 17.6 Å². The Kier molecular flexibility index (Phi) is 7.57. The van der Waals surface area contributed by atoms with Crippen LogP contribution >= 0.6 is 11.9 Å². The molecule has 33 heavy (non-hydrogen) atoms. The van der Waals surface area contributed by atoms with E-state index in [-0.39, 0.29) is 12.5 Å². The molecule has 0 saturated heterocycles. The number of phenols is 1. The van der Waals surface area contributed by atoms with Gasteiger partial charge in [0.05, 0.1) is 6.54 Å². The molecule has 0 aliphatic heterocycles. The Hall–Kier alpha value is -2.96. The van der Waals surface area contributed by atoms with Gasteiger partial charge in [0.15, 0.2) is 0 Å². The first-order valence-corrected chi connectivity index (χ1v) is 12.3. The summed E-state index contributed by atoms with van der Waals surface area (Å²) in [4.78, 5) is 13.5. The van der Waals surface area contributed by atoms with Crippen LogP contribution in [0.5, 0.6) is 5.75 Å². The van der Waals surface area contributed by atoms with E-state index in [9.17, 15) is 4.79 Å². The molecule has 0 atom stereocenters. The van der Waals surface area contributed by atoms with E-state index in [4.69, 9.17) is 10.8 Å². The third kappa shape index (κ3) is 6.09. The number of carbonyl (C=O) groups is 1. The molecule has 0 heterocycles. The number of nitrogens with one attached hydrogen (secondary N) is 2. The topological polar surface area (TPSA) is 87.4 Å². The van der Waals surface area contributed by atoms with E-state index < -0.39 is 0 Å². The van der Waals surface area contributed by atoms with E-state index in [1.807, 2.05) is 43.3 Å². The predicted octanol–water partition coefficient (Wildman–Crippen LogP) is 5.18. The van der Waals surface area contributed by atoms with Crippen LogP contribution < -0.4 is 15.8 Å². The Bertz CT molecular complexity index is 1060. The molecule has 5 nitrogen and oxygen atoms in total. The van der Waals surface area contributed by atoms with Crippen molar-refractivity contribution in [3.63, 3.8) is 0 Å². The lowest BCUT2D eigenvalue weighted by molar-refractivity contribution is -0.115. The van der Waals surface area contributed by atoms with Gasteiger partial charge in [-0.15, -0.1) is 0 Å². The van der Waals surface area contributed by atoms with E-state index in [1.54, 1.807) is 12.1 Å². The lowest BCUT2D eigenvalue weighted by atomic mass is 9.98. The third-order valence-electron chi connectivity index (χ3n) is 6.07. The normalized spacial score (nSPS) is 13.6. The summed E-state index contributed by atoms with van der Waals surface area (Å²) in [5, 5.41) is 12.0. The minimum absolute atomic E-state index is 0.0253. The lowest BCUT2D eigenvalue weighted by Crippen LogP contribution is -2.25. The van der Waals surface area contributed by atoms with Gasteiger partial charge in [0, 0.05) is 16.3 Å². The number of anilines is 2. The first-order valence-electron chi connectivity index (χ1n) is 11.5. The van der Waals surface area contributed by atoms with Crippen molar-refractivity contribution >= 4 is 29.2 Å². The van der Waals surface area contributed by atoms with Gasteiger partial charge in [-0.1, -0.05) is 23.8 Å². The highest BCUT2D eigenvalue weighted by Gasteiger charge is 2.24. The fourth-order valence-electron chi connectivity index (χ4n) is 4.42. The second-order valence-electron chi connectivity index (χ2n) is 8.61. The number of rotatable bonds is 5. The Balaban J connectivity index is 0.000000275. The van der Waals surface area contributed by atoms with Crippen LogP contribution in [0.15, 0.2) is 59.5 Å². The third-order valence-corrected chi connectivity index (χ3v) is 6.87. The fourth-order valence-corrected chi connectivity index (χ4v) is 5.06. The molecule has 0 spiro atoms. The molecule has 0 radical (unpaired) electrons. The Morgan fingerprint density at radius 2 is 1.55 bits per heavy atom. The molecule has 5 N–H and O–H groups in total. The largest absolute Gasteiger partial charge is 0.508 e. The summed E-state index contributed by atoms with van der Waals surface area (Å²) in [6.45, 7) is 2.27. The van der Waals surface area contributed by atoms with Crippen molar-refractivity contribution in [1.29, 1.82) is 0 Å². The average Bonchev–Trinajstić information content (AvgIpc) is 3.47. The van der Waals surface area contributed by atoms with Crippen molar-refractivity contribution in [3.8, 4) is 5.75 Å². The van der Waals surface area contributed by atoms with Crippen LogP contribution in [0.1, 0.15) is 40.7 Å². The number of nitrogens with two attached hydrogens (primary N) is 1. The molecule has 6 heteroatoms. The number of nitrogen functional groups attached to an aromatic ring is 1. The second-order valence-corrected chi connectivity index (χ2v) is 9.57. The summed E-state index contributed by atoms with van der Waals surface area (Å²) in [6.07, 6.45) is 6.88. The standard InChI is InChI=1S/C20H23N3OS.C7H8O/c21-15-7-9-16(10-8-15)25-22-12-19(24)23-20-17-5-1-3-13(17)11-14-4-2-6-18(14)20;1-6-2-4-7(8)5-3-6/h7-11,22H,1-6,12,21H2,(H,23,24);2-5,8H,1H3. The zero-order valence-electron chi connectivity index (χ0n) is 19.0. The highest BCUT2D eigenvalue weighted by Crippen LogP contribution is 2.38. The highest BCUT2D eigenvalue weighted by molar-refractivity contribution is 7.97. The van der Waals surface area contributed by atoms with Crippen molar-refractivity contribution in [1.82, 2.24) is 4.72 Å². The van der Waals surface area contributed by atoms with Crippen LogP contribution in [0.4, 0.5) is 11.4 Å². The van der Waals surface area contributed by atoms with E-state index in [2.05, 4.69) is 16.1 Å². The smallest absolute Gasteiger partial charge is 0.239 e. The van der Waals surface area contributed by atoms with E-state index in [1.165, 1.54) is 52.6 Å². The zero-order valence-corrected chi connectivity index (χ0v) is 19.8. The van der Waals surface area contributed by atoms with Gasteiger partial charge in [0.2, 0.25) is 5.91 Å². The monoisotopic (exact) mass is 461 g/mol. The summed E-state index contributed by atoms with van der Waals surface area (Å²) in [6, 6.07) is 17.1. The summed E-state index contributed by atoms with van der Waals surface area (Å²) < 4.78 is 3.14. The number of aromatic hydroxyl groups is 1. The molecule has 0 saturated carbocycles. The molecular weight excluding hydrogens is 430 g/mol. The van der Waals surface area contributed by atoms with Gasteiger partial charge in [-0.25, -0.2) is 0 Å². The maximum Gasteiger partial charge on any atom is 0.239 e. The van der Waals surface area contributed by atoms with Crippen LogP contribution in [0, 0.1) is 6.92 Å². The molecule has 5 rings (SSSR count). The maximum atomic E-state index is 12.4. The van der Waals surface area contributed by atoms with Gasteiger partial charge in [0.25, 0.3) is 0 Å². The quantitative estimate of drug-likeness (QED) is 0.311. The molecule has 2 aliphatic rings. The van der Waals surface area contributed by atoms with E-state index >= 15 is 0 Å². The van der Waals surface area contributed by atoms with E-state index in [0.717, 1.165) is 42.0 Å². The van der Waals surface area contributed by atoms with Crippen LogP contribution in [0.2, 0.25) is 0 Å². The van der Waals surface area contributed by atoms with Crippen LogP contribution in [0.25, 0.3) is 0 Å². The zero-order chi connectivity index (χ0) is 23.2. The molecular formula is C27H31N3O2S. The summed E-state index contributed by atoms with van der Waals surface area (Å²) in [5.41, 5.74) is 14.4. The molecule has 172 valence electrons. The average molecular weight is 462 g/mol. The molecule has 0 fully saturated rings. The number of benzene rings is 3. The molecule has 0 unspecified atom stereocenters. The number of carbonyl (C=O) groups excluding carboxylic acids is 1. The molecule has 0 aromatic heterocycles. The maximum absolute atomic E-state index is 12.4. The van der Waals surface area contributed by atoms with Gasteiger partial charge in [-0.2, -0.15) is 0 Å². The van der Waals surface area contributed by atoms with Gasteiger partial charge >= 0.3 is 0 Å². The predicted molar refractivity (Wildman–Crippen MR) is 137 cm³/mol. The Labute approximate surface area is 199 Å². The van der Waals surface area contributed by atoms with Crippen molar-refractivity contribution in [2.24, 2.45) is 0 Å². The number of hydrogen-bond donors (Lipinski definition) is 4. The van der Waals surface area contributed by atoms with Gasteiger partial charge in [0.1, 0.15) is 5.75 Å². The first-order chi connectivity index (χ1) is 16.0. The minimum Gasteiger partial charge on any atom is -0.508 e. The van der Waals surface area contributed by atoms with Crippen LogP contribution in [0.3, 0.4) is 0 Å². The second kappa shape index (κ2) is 10.8. The molecule has 1 amide bonds. The van der Waals surface area contributed by atoms with Crippen molar-refractivity contribution in [2.45, 2.75) is 50.3 Å². The summed E-state index contributed by atoms with van der Waals surface area (Å²) in [5.74, 6) is 0.355. The Morgan fingerprint density at radius 3 is 2.12 bits per heavy atom. The van der Waals surface area contributed by atoms with Gasteiger partial charge in [-0.3, -0.25) is 9.52 Å². The number of aryl methyl sites for hydroxylation is 3. The first kappa shape index (κ1) is 23.2. The Morgan fingerprint density at radius 1 is 0.939 bits per heavy atom. The van der Waals surface area contributed by atoms with Gasteiger partial charge in [-0.05, 0) is 116 Å². The highest BCUT2D eigenvalue weighted by atomic mass is 32.2. The van der Waals surface area contributed by atoms with E-state index in [0.29, 0.717) is 5.75 Å². The molecule has 3 aromatic carbocycles. The summed E-state index contributed by atoms with van der Waals surface area (Å²) in [7, 11) is 0. The number of fused-ring (bicyclic) bond motifs is 2. The molecule has 0 bridgehead atoms. The van der Waals surface area contributed by atoms with Crippen molar-refractivity contribution < 1.29 is 9.90 Å².